The topological polar surface area (TPSA) is 108 Å². The van der Waals surface area contributed by atoms with Gasteiger partial charge in [0.05, 0.1) is 34.4 Å². The molecule has 0 bridgehead atoms. The molecule has 0 aromatic rings. The molecule has 1 N–H and O–H groups in total. The largest absolute Gasteiger partial charge is 0.477 e. The number of esters is 2. The number of rotatable bonds is 70. The van der Waals surface area contributed by atoms with Gasteiger partial charge in [0.15, 0.2) is 6.10 Å². The summed E-state index contributed by atoms with van der Waals surface area (Å²) >= 11 is 0. The Morgan fingerprint density at radius 2 is 0.626 bits per heavy atom. The van der Waals surface area contributed by atoms with Crippen LogP contribution in [0.1, 0.15) is 335 Å². The summed E-state index contributed by atoms with van der Waals surface area (Å²) in [6, 6.07) is 0. The molecule has 2 atom stereocenters. The molecular formula is C82H144NO8+. The van der Waals surface area contributed by atoms with E-state index in [-0.39, 0.29) is 32.2 Å². The van der Waals surface area contributed by atoms with Crippen molar-refractivity contribution in [3.63, 3.8) is 0 Å². The molecule has 0 saturated carbocycles. The Morgan fingerprint density at radius 3 is 0.945 bits per heavy atom. The predicted molar refractivity (Wildman–Crippen MR) is 392 cm³/mol. The highest BCUT2D eigenvalue weighted by molar-refractivity contribution is 5.71. The second kappa shape index (κ2) is 71.8. The van der Waals surface area contributed by atoms with E-state index in [1.54, 1.807) is 0 Å². The lowest BCUT2D eigenvalue weighted by molar-refractivity contribution is -0.870. The van der Waals surface area contributed by atoms with Crippen molar-refractivity contribution in [2.45, 2.75) is 347 Å². The molecule has 0 aromatic heterocycles. The number of carboxylic acids is 1. The number of hydrogen-bond acceptors (Lipinski definition) is 7. The summed E-state index contributed by atoms with van der Waals surface area (Å²) in [6.45, 7) is 4.78. The minimum atomic E-state index is -1.52. The Hall–Kier alpha value is -4.05. The molecule has 0 fully saturated rings. The molecule has 0 radical (unpaired) electrons. The van der Waals surface area contributed by atoms with Gasteiger partial charge in [-0.3, -0.25) is 9.59 Å². The Morgan fingerprint density at radius 1 is 0.341 bits per heavy atom. The predicted octanol–water partition coefficient (Wildman–Crippen LogP) is 24.1. The Kier molecular flexibility index (Phi) is 68.6. The summed E-state index contributed by atoms with van der Waals surface area (Å²) in [6.07, 6.45) is 98.0. The van der Waals surface area contributed by atoms with Gasteiger partial charge in [-0.05, 0) is 103 Å². The van der Waals surface area contributed by atoms with Gasteiger partial charge in [0.25, 0.3) is 6.29 Å². The van der Waals surface area contributed by atoms with Crippen LogP contribution in [0.15, 0.2) is 109 Å². The van der Waals surface area contributed by atoms with Gasteiger partial charge in [-0.15, -0.1) is 0 Å². The highest BCUT2D eigenvalue weighted by Crippen LogP contribution is 2.18. The zero-order valence-electron chi connectivity index (χ0n) is 60.0. The first-order valence-corrected chi connectivity index (χ1v) is 38.1. The number of quaternary nitrogens is 1. The lowest BCUT2D eigenvalue weighted by atomic mass is 10.0. The van der Waals surface area contributed by atoms with E-state index >= 15 is 0 Å². The molecule has 0 rings (SSSR count). The third-order valence-corrected chi connectivity index (χ3v) is 16.5. The molecule has 9 heteroatoms. The van der Waals surface area contributed by atoms with Crippen LogP contribution in [0, 0.1) is 0 Å². The maximum absolute atomic E-state index is 13.0. The van der Waals surface area contributed by atoms with Crippen LogP contribution in [0.3, 0.4) is 0 Å². The zero-order valence-corrected chi connectivity index (χ0v) is 60.0. The number of carbonyl (C=O) groups is 3. The fraction of sp³-hybridized carbons (Fsp3) is 0.744. The summed E-state index contributed by atoms with van der Waals surface area (Å²) < 4.78 is 23.0. The smallest absolute Gasteiger partial charge is 0.361 e. The molecule has 0 spiro atoms. The number of ether oxygens (including phenoxy) is 4. The Balaban J connectivity index is 4.09. The van der Waals surface area contributed by atoms with Gasteiger partial charge in [0.1, 0.15) is 13.2 Å². The van der Waals surface area contributed by atoms with E-state index < -0.39 is 24.3 Å². The lowest BCUT2D eigenvalue weighted by Crippen LogP contribution is -2.40. The van der Waals surface area contributed by atoms with Crippen LogP contribution >= 0.6 is 0 Å². The maximum atomic E-state index is 13.0. The molecule has 0 saturated heterocycles. The summed E-state index contributed by atoms with van der Waals surface area (Å²) in [7, 11) is 5.97. The van der Waals surface area contributed by atoms with Gasteiger partial charge in [-0.25, -0.2) is 4.79 Å². The van der Waals surface area contributed by atoms with Crippen molar-refractivity contribution in [1.29, 1.82) is 0 Å². The summed E-state index contributed by atoms with van der Waals surface area (Å²) in [4.78, 5) is 37.7. The SMILES string of the molecule is CC/C=C\C/C=C\C/C=C\C/C=C\C/C=C\C/C=C\C/C=C\C/C=C\CCCCCCCCC(=O)OC(COC(=O)CCCCCCCCCCCCCCCCCCCCCCCCC/C=C\CCCCCCCCCC)COC(OCC[N+](C)(C)C)C(=O)O. The summed E-state index contributed by atoms with van der Waals surface area (Å²) in [5, 5.41) is 9.76. The average molecular weight is 1270 g/mol. The average Bonchev–Trinajstić information content (AvgIpc) is 3.65. The number of likely N-dealkylation sites (N-methyl/N-ethyl adjacent to an activating group) is 1. The van der Waals surface area contributed by atoms with Crippen LogP contribution in [0.5, 0.6) is 0 Å². The molecule has 91 heavy (non-hydrogen) atoms. The fourth-order valence-electron chi connectivity index (χ4n) is 10.7. The van der Waals surface area contributed by atoms with Gasteiger partial charge in [0, 0.05) is 12.8 Å². The molecule has 0 heterocycles. The number of allylic oxidation sites excluding steroid dienone is 18. The quantitative estimate of drug-likeness (QED) is 0.0211. The zero-order chi connectivity index (χ0) is 66.1. The molecule has 0 aliphatic heterocycles. The third-order valence-electron chi connectivity index (χ3n) is 16.5. The van der Waals surface area contributed by atoms with Crippen molar-refractivity contribution in [2.75, 3.05) is 47.5 Å². The lowest BCUT2D eigenvalue weighted by Gasteiger charge is -2.25. The van der Waals surface area contributed by atoms with E-state index in [4.69, 9.17) is 18.9 Å². The van der Waals surface area contributed by atoms with E-state index in [1.165, 1.54) is 193 Å². The van der Waals surface area contributed by atoms with Crippen molar-refractivity contribution in [3.05, 3.63) is 109 Å². The van der Waals surface area contributed by atoms with Crippen LogP contribution in [0.4, 0.5) is 0 Å². The number of carbonyl (C=O) groups excluding carboxylic acids is 2. The van der Waals surface area contributed by atoms with Crippen molar-refractivity contribution in [1.82, 2.24) is 0 Å². The number of aliphatic carboxylic acids is 1. The molecule has 524 valence electrons. The van der Waals surface area contributed by atoms with Gasteiger partial charge >= 0.3 is 17.9 Å². The molecule has 0 aliphatic carbocycles. The van der Waals surface area contributed by atoms with E-state index in [2.05, 4.69) is 123 Å². The number of carboxylic acid groups (broad SMARTS) is 1. The Labute approximate surface area is 562 Å². The summed E-state index contributed by atoms with van der Waals surface area (Å²) in [5.41, 5.74) is 0. The second-order valence-corrected chi connectivity index (χ2v) is 26.6. The highest BCUT2D eigenvalue weighted by atomic mass is 16.7. The molecule has 0 aromatic carbocycles. The molecule has 2 unspecified atom stereocenters. The molecule has 9 nitrogen and oxygen atoms in total. The van der Waals surface area contributed by atoms with Crippen LogP contribution < -0.4 is 0 Å². The number of nitrogens with zero attached hydrogens (tertiary/aromatic N) is 1. The first-order valence-electron chi connectivity index (χ1n) is 38.1. The van der Waals surface area contributed by atoms with Crippen molar-refractivity contribution in [3.8, 4) is 0 Å². The van der Waals surface area contributed by atoms with E-state index in [0.717, 1.165) is 109 Å². The number of hydrogen-bond donors (Lipinski definition) is 1. The van der Waals surface area contributed by atoms with Crippen LogP contribution in [0.2, 0.25) is 0 Å². The van der Waals surface area contributed by atoms with Crippen molar-refractivity contribution < 1.29 is 42.9 Å². The fourth-order valence-corrected chi connectivity index (χ4v) is 10.7. The van der Waals surface area contributed by atoms with Crippen LogP contribution in [-0.2, 0) is 33.3 Å². The molecular weight excluding hydrogens is 1130 g/mol. The van der Waals surface area contributed by atoms with E-state index in [1.807, 2.05) is 21.1 Å². The van der Waals surface area contributed by atoms with Crippen LogP contribution in [-0.4, -0.2) is 87.4 Å². The molecule has 0 aliphatic rings. The normalized spacial score (nSPS) is 13.3. The van der Waals surface area contributed by atoms with Crippen molar-refractivity contribution in [2.24, 2.45) is 0 Å². The first kappa shape index (κ1) is 87.0. The van der Waals surface area contributed by atoms with Gasteiger partial charge in [0.2, 0.25) is 0 Å². The molecule has 0 amide bonds. The van der Waals surface area contributed by atoms with Gasteiger partial charge in [-0.2, -0.15) is 0 Å². The van der Waals surface area contributed by atoms with Crippen LogP contribution in [0.25, 0.3) is 0 Å². The number of unbranched alkanes of at least 4 members (excludes halogenated alkanes) is 37. The minimum absolute atomic E-state index is 0.181. The Bertz CT molecular complexity index is 1870. The third kappa shape index (κ3) is 73.2. The minimum Gasteiger partial charge on any atom is -0.477 e. The monoisotopic (exact) mass is 1270 g/mol. The maximum Gasteiger partial charge on any atom is 0.361 e. The summed E-state index contributed by atoms with van der Waals surface area (Å²) in [5.74, 6) is -2.02. The second-order valence-electron chi connectivity index (χ2n) is 26.6. The highest BCUT2D eigenvalue weighted by Gasteiger charge is 2.25. The van der Waals surface area contributed by atoms with E-state index in [0.29, 0.717) is 23.9 Å². The standard InChI is InChI=1S/C82H143NO8/c1-6-8-10-12-14-16-18-20-22-24-26-28-30-32-34-36-38-39-40-41-43-44-46-48-50-52-54-56-58-60-62-64-66-68-70-72-79(84)89-76-78(77-90-82(81(86)87)88-75-74-83(3,4)5)91-80(85)73-71-69-67-65-63-61-59-57-55-53-51-49-47-45-42-37-35-33-31-29-27-25-23-21-19-17-15-13-11-9-7-2/h9,11,15,17,21,23-24,26-27,29,33,35,42,45,49,51,55,57,78,82H,6-8,10,12-14,16,18-20,22,25,28,30-32,34,36-41,43-44,46-48,50,52-54,56,58-77H2,1-5H3/p+1/b11-9-,17-15-,23-21-,26-24-,29-27-,35-33-,45-42-,51-49-,57-55-. The van der Waals surface area contributed by atoms with E-state index in [9.17, 15) is 19.5 Å². The first-order chi connectivity index (χ1) is 44.6. The van der Waals surface area contributed by atoms with Crippen molar-refractivity contribution >= 4 is 17.9 Å². The van der Waals surface area contributed by atoms with Gasteiger partial charge in [-0.1, -0.05) is 329 Å². The van der Waals surface area contributed by atoms with Gasteiger partial charge < -0.3 is 28.5 Å².